The van der Waals surface area contributed by atoms with Crippen LogP contribution in [0.5, 0.6) is 0 Å². The first kappa shape index (κ1) is 15.5. The van der Waals surface area contributed by atoms with Crippen LogP contribution in [0.1, 0.15) is 74.1 Å². The average Bonchev–Trinajstić information content (AvgIpc) is 2.17. The Morgan fingerprint density at radius 3 is 1.62 bits per heavy atom. The van der Waals surface area contributed by atoms with Gasteiger partial charge >= 0.3 is 0 Å². The molecule has 0 aromatic heterocycles. The van der Waals surface area contributed by atoms with Crippen LogP contribution < -0.4 is 0 Å². The molecule has 1 atom stereocenters. The van der Waals surface area contributed by atoms with Crippen molar-refractivity contribution in [3.05, 3.63) is 0 Å². The molecule has 0 aliphatic heterocycles. The second-order valence-corrected chi connectivity index (χ2v) is 4.14. The van der Waals surface area contributed by atoms with E-state index in [1.54, 1.807) is 0 Å². The lowest BCUT2D eigenvalue weighted by molar-refractivity contribution is 0.154. The molecule has 1 rings (SSSR count). The second-order valence-electron chi connectivity index (χ2n) is 4.14. The Hall–Kier alpha value is 0. The minimum absolute atomic E-state index is 0.637. The standard InChI is InChI=1S/C9H18.2C2H6/c1-8-6-4-5-7-9(8,2)3;2*1-2/h8H,4-7H2,1-3H3;2*1-2H3. The quantitative estimate of drug-likeness (QED) is 0.483. The van der Waals surface area contributed by atoms with Gasteiger partial charge in [0.2, 0.25) is 0 Å². The predicted molar refractivity (Wildman–Crippen MR) is 64.1 cm³/mol. The SMILES string of the molecule is CC.CC.CC1CCCCC1(C)C. The first-order valence-corrected chi connectivity index (χ1v) is 6.13. The molecule has 0 bridgehead atoms. The van der Waals surface area contributed by atoms with Crippen molar-refractivity contribution in [3.63, 3.8) is 0 Å². The highest BCUT2D eigenvalue weighted by Crippen LogP contribution is 2.39. The minimum Gasteiger partial charge on any atom is -0.0683 e. The van der Waals surface area contributed by atoms with Gasteiger partial charge in [0.25, 0.3) is 0 Å². The molecule has 0 radical (unpaired) electrons. The second kappa shape index (κ2) is 8.59. The lowest BCUT2D eigenvalue weighted by Gasteiger charge is -2.36. The molecule has 1 saturated carbocycles. The zero-order valence-electron chi connectivity index (χ0n) is 10.9. The van der Waals surface area contributed by atoms with Gasteiger partial charge in [0.05, 0.1) is 0 Å². The van der Waals surface area contributed by atoms with E-state index in [0.717, 1.165) is 5.92 Å². The molecule has 0 aromatic rings. The van der Waals surface area contributed by atoms with Crippen molar-refractivity contribution in [3.8, 4) is 0 Å². The minimum atomic E-state index is 0.637. The molecular formula is C13H30. The summed E-state index contributed by atoms with van der Waals surface area (Å²) in [6.45, 7) is 15.2. The van der Waals surface area contributed by atoms with E-state index in [1.165, 1.54) is 25.7 Å². The molecule has 0 saturated heterocycles. The maximum Gasteiger partial charge on any atom is -0.0329 e. The van der Waals surface area contributed by atoms with Crippen LogP contribution in [0.15, 0.2) is 0 Å². The molecule has 1 aliphatic carbocycles. The highest BCUT2D eigenvalue weighted by atomic mass is 14.3. The first-order valence-electron chi connectivity index (χ1n) is 6.13. The Labute approximate surface area is 86.1 Å². The summed E-state index contributed by atoms with van der Waals surface area (Å²) in [6.07, 6.45) is 5.81. The fourth-order valence-corrected chi connectivity index (χ4v) is 1.67. The Morgan fingerprint density at radius 2 is 1.38 bits per heavy atom. The molecule has 1 aliphatic rings. The van der Waals surface area contributed by atoms with Crippen LogP contribution in [0.25, 0.3) is 0 Å². The van der Waals surface area contributed by atoms with E-state index in [0.29, 0.717) is 5.41 Å². The highest BCUT2D eigenvalue weighted by molar-refractivity contribution is 4.79. The van der Waals surface area contributed by atoms with Gasteiger partial charge in [-0.15, -0.1) is 0 Å². The fraction of sp³-hybridized carbons (Fsp3) is 1.00. The number of hydrogen-bond acceptors (Lipinski definition) is 0. The van der Waals surface area contributed by atoms with E-state index < -0.39 is 0 Å². The molecule has 0 aromatic carbocycles. The van der Waals surface area contributed by atoms with Crippen molar-refractivity contribution >= 4 is 0 Å². The molecule has 0 heteroatoms. The third kappa shape index (κ3) is 6.12. The highest BCUT2D eigenvalue weighted by Gasteiger charge is 2.27. The van der Waals surface area contributed by atoms with Gasteiger partial charge < -0.3 is 0 Å². The molecule has 0 N–H and O–H groups in total. The van der Waals surface area contributed by atoms with Gasteiger partial charge in [0, 0.05) is 0 Å². The van der Waals surface area contributed by atoms with Crippen LogP contribution in [-0.2, 0) is 0 Å². The van der Waals surface area contributed by atoms with Gasteiger partial charge in [0.1, 0.15) is 0 Å². The molecule has 0 amide bonds. The van der Waals surface area contributed by atoms with Gasteiger partial charge in [-0.25, -0.2) is 0 Å². The Bertz CT molecular complexity index is 92.2. The molecule has 82 valence electrons. The zero-order chi connectivity index (χ0) is 10.9. The largest absolute Gasteiger partial charge is 0.0683 e. The summed E-state index contributed by atoms with van der Waals surface area (Å²) in [4.78, 5) is 0. The monoisotopic (exact) mass is 186 g/mol. The Balaban J connectivity index is 0. The smallest absolute Gasteiger partial charge is 0.0329 e. The van der Waals surface area contributed by atoms with Crippen LogP contribution in [0, 0.1) is 11.3 Å². The van der Waals surface area contributed by atoms with Gasteiger partial charge in [-0.2, -0.15) is 0 Å². The number of hydrogen-bond donors (Lipinski definition) is 0. The summed E-state index contributed by atoms with van der Waals surface area (Å²) in [5.41, 5.74) is 0.637. The Morgan fingerprint density at radius 1 is 0.923 bits per heavy atom. The molecular weight excluding hydrogens is 156 g/mol. The molecule has 13 heavy (non-hydrogen) atoms. The van der Waals surface area contributed by atoms with Crippen LogP contribution in [0.2, 0.25) is 0 Å². The van der Waals surface area contributed by atoms with Crippen LogP contribution in [-0.4, -0.2) is 0 Å². The maximum atomic E-state index is 2.40. The summed E-state index contributed by atoms with van der Waals surface area (Å²) in [7, 11) is 0. The Kier molecular flexibility index (Phi) is 10.2. The summed E-state index contributed by atoms with van der Waals surface area (Å²) in [5, 5.41) is 0. The summed E-state index contributed by atoms with van der Waals surface area (Å²) >= 11 is 0. The fourth-order valence-electron chi connectivity index (χ4n) is 1.67. The van der Waals surface area contributed by atoms with E-state index in [2.05, 4.69) is 20.8 Å². The lowest BCUT2D eigenvalue weighted by Crippen LogP contribution is -2.24. The van der Waals surface area contributed by atoms with E-state index in [9.17, 15) is 0 Å². The van der Waals surface area contributed by atoms with E-state index >= 15 is 0 Å². The van der Waals surface area contributed by atoms with Crippen molar-refractivity contribution in [1.82, 2.24) is 0 Å². The van der Waals surface area contributed by atoms with E-state index in [-0.39, 0.29) is 0 Å². The first-order chi connectivity index (χ1) is 6.13. The molecule has 1 unspecified atom stereocenters. The molecule has 1 fully saturated rings. The van der Waals surface area contributed by atoms with E-state index in [4.69, 9.17) is 0 Å². The zero-order valence-corrected chi connectivity index (χ0v) is 10.9. The van der Waals surface area contributed by atoms with Crippen molar-refractivity contribution < 1.29 is 0 Å². The van der Waals surface area contributed by atoms with Crippen molar-refractivity contribution in [2.24, 2.45) is 11.3 Å². The van der Waals surface area contributed by atoms with Gasteiger partial charge in [-0.3, -0.25) is 0 Å². The average molecular weight is 186 g/mol. The summed E-state index contributed by atoms with van der Waals surface area (Å²) in [5.74, 6) is 0.950. The third-order valence-electron chi connectivity index (χ3n) is 3.04. The van der Waals surface area contributed by atoms with Crippen LogP contribution in [0.4, 0.5) is 0 Å². The molecule has 0 nitrogen and oxygen atoms in total. The summed E-state index contributed by atoms with van der Waals surface area (Å²) < 4.78 is 0. The van der Waals surface area contributed by atoms with Crippen LogP contribution in [0.3, 0.4) is 0 Å². The normalized spacial score (nSPS) is 24.7. The lowest BCUT2D eigenvalue weighted by atomic mass is 9.70. The molecule has 0 heterocycles. The topological polar surface area (TPSA) is 0 Å². The van der Waals surface area contributed by atoms with Crippen molar-refractivity contribution in [2.75, 3.05) is 0 Å². The van der Waals surface area contributed by atoms with Crippen molar-refractivity contribution in [1.29, 1.82) is 0 Å². The summed E-state index contributed by atoms with van der Waals surface area (Å²) in [6, 6.07) is 0. The molecule has 0 spiro atoms. The predicted octanol–water partition coefficient (Wildman–Crippen LogP) is 5.28. The van der Waals surface area contributed by atoms with Gasteiger partial charge in [0.15, 0.2) is 0 Å². The third-order valence-corrected chi connectivity index (χ3v) is 3.04. The van der Waals surface area contributed by atoms with Crippen molar-refractivity contribution in [2.45, 2.75) is 74.1 Å². The maximum absolute atomic E-state index is 2.40. The van der Waals surface area contributed by atoms with Gasteiger partial charge in [-0.1, -0.05) is 67.7 Å². The van der Waals surface area contributed by atoms with Gasteiger partial charge in [-0.05, 0) is 17.8 Å². The van der Waals surface area contributed by atoms with E-state index in [1.807, 2.05) is 27.7 Å². The van der Waals surface area contributed by atoms with Crippen LogP contribution >= 0.6 is 0 Å². The number of rotatable bonds is 0.